The molecule has 0 aromatic heterocycles. The molecule has 0 spiro atoms. The Kier molecular flexibility index (Phi) is 1.97. The number of rotatable bonds is 1. The third-order valence-electron chi connectivity index (χ3n) is 1.13. The molecule has 0 fully saturated rings. The van der Waals surface area contributed by atoms with Crippen molar-refractivity contribution < 1.29 is 8.78 Å². The van der Waals surface area contributed by atoms with Crippen molar-refractivity contribution >= 4 is 0 Å². The minimum absolute atomic E-state index is 0.0886. The van der Waals surface area contributed by atoms with Gasteiger partial charge in [-0.25, -0.2) is 8.78 Å². The van der Waals surface area contributed by atoms with Crippen molar-refractivity contribution in [3.05, 3.63) is 35.4 Å². The van der Waals surface area contributed by atoms with Crippen molar-refractivity contribution in [2.45, 2.75) is 6.54 Å². The van der Waals surface area contributed by atoms with Crippen LogP contribution < -0.4 is 5.73 Å². The largest absolute Gasteiger partial charge is 0.253 e. The van der Waals surface area contributed by atoms with Gasteiger partial charge in [0.05, 0.1) is 0 Å². The zero-order valence-corrected chi connectivity index (χ0v) is 5.20. The number of halogens is 2. The van der Waals surface area contributed by atoms with Gasteiger partial charge in [0.1, 0.15) is 11.6 Å². The second kappa shape index (κ2) is 2.75. The van der Waals surface area contributed by atoms with Gasteiger partial charge in [-0.2, -0.15) is 0 Å². The summed E-state index contributed by atoms with van der Waals surface area (Å²) in [7, 11) is 0. The molecule has 1 N–H and O–H groups in total. The average Bonchev–Trinajstić information content (AvgIpc) is 1.85. The lowest BCUT2D eigenvalue weighted by Crippen LogP contribution is -1.88. The van der Waals surface area contributed by atoms with Crippen LogP contribution in [0.5, 0.6) is 0 Å². The van der Waals surface area contributed by atoms with Gasteiger partial charge >= 0.3 is 0 Å². The van der Waals surface area contributed by atoms with E-state index in [9.17, 15) is 8.78 Å². The second-order valence-corrected chi connectivity index (χ2v) is 1.95. The minimum atomic E-state index is -0.623. The molecule has 0 aliphatic heterocycles. The molecule has 0 atom stereocenters. The van der Waals surface area contributed by atoms with Crippen LogP contribution in [-0.2, 0) is 6.54 Å². The molecule has 1 rings (SSSR count). The highest BCUT2D eigenvalue weighted by Gasteiger charge is 1.97. The lowest BCUT2D eigenvalue weighted by molar-refractivity contribution is 0.579. The second-order valence-electron chi connectivity index (χ2n) is 1.95. The Morgan fingerprint density at radius 3 is 2.00 bits per heavy atom. The molecule has 1 radical (unpaired) electrons. The van der Waals surface area contributed by atoms with E-state index in [2.05, 4.69) is 0 Å². The van der Waals surface area contributed by atoms with Gasteiger partial charge in [-0.3, -0.25) is 5.73 Å². The molecule has 3 heteroatoms. The molecule has 1 nitrogen and oxygen atoms in total. The van der Waals surface area contributed by atoms with E-state index < -0.39 is 11.6 Å². The van der Waals surface area contributed by atoms with Crippen LogP contribution in [-0.4, -0.2) is 0 Å². The number of benzene rings is 1. The first-order valence-electron chi connectivity index (χ1n) is 2.82. The summed E-state index contributed by atoms with van der Waals surface area (Å²) >= 11 is 0. The van der Waals surface area contributed by atoms with Crippen molar-refractivity contribution in [2.24, 2.45) is 0 Å². The van der Waals surface area contributed by atoms with Crippen LogP contribution >= 0.6 is 0 Å². The highest BCUT2D eigenvalue weighted by molar-refractivity contribution is 5.17. The SMILES string of the molecule is [NH]Cc1cc(F)cc(F)c1. The lowest BCUT2D eigenvalue weighted by atomic mass is 10.2. The van der Waals surface area contributed by atoms with Crippen molar-refractivity contribution in [1.82, 2.24) is 5.73 Å². The molecule has 0 bridgehead atoms. The van der Waals surface area contributed by atoms with Crippen molar-refractivity contribution in [3.63, 3.8) is 0 Å². The molecule has 1 aromatic rings. The molecule has 0 amide bonds. The van der Waals surface area contributed by atoms with Gasteiger partial charge in [0.2, 0.25) is 0 Å². The number of hydrogen-bond donors (Lipinski definition) is 0. The summed E-state index contributed by atoms with van der Waals surface area (Å²) < 4.78 is 24.6. The van der Waals surface area contributed by atoms with Crippen LogP contribution in [0, 0.1) is 11.6 Å². The zero-order chi connectivity index (χ0) is 7.56. The Morgan fingerprint density at radius 1 is 1.10 bits per heavy atom. The van der Waals surface area contributed by atoms with Gasteiger partial charge in [0, 0.05) is 12.6 Å². The van der Waals surface area contributed by atoms with Crippen molar-refractivity contribution in [1.29, 1.82) is 0 Å². The molecule has 0 unspecified atom stereocenters. The van der Waals surface area contributed by atoms with E-state index in [0.29, 0.717) is 5.56 Å². The highest BCUT2D eigenvalue weighted by Crippen LogP contribution is 2.06. The summed E-state index contributed by atoms with van der Waals surface area (Å²) in [5.74, 6) is -1.25. The summed E-state index contributed by atoms with van der Waals surface area (Å²) in [6.45, 7) is -0.0886. The van der Waals surface area contributed by atoms with Gasteiger partial charge in [-0.1, -0.05) is 0 Å². The Morgan fingerprint density at radius 2 is 1.60 bits per heavy atom. The smallest absolute Gasteiger partial charge is 0.126 e. The van der Waals surface area contributed by atoms with Crippen LogP contribution in [0.3, 0.4) is 0 Å². The molecule has 10 heavy (non-hydrogen) atoms. The Labute approximate surface area is 57.5 Å². The first-order valence-corrected chi connectivity index (χ1v) is 2.82. The number of hydrogen-bond acceptors (Lipinski definition) is 0. The highest BCUT2D eigenvalue weighted by atomic mass is 19.1. The van der Waals surface area contributed by atoms with E-state index in [-0.39, 0.29) is 6.54 Å². The summed E-state index contributed by atoms with van der Waals surface area (Å²) in [6.07, 6.45) is 0. The first kappa shape index (κ1) is 7.15. The third-order valence-corrected chi connectivity index (χ3v) is 1.13. The van der Waals surface area contributed by atoms with Crippen molar-refractivity contribution in [2.75, 3.05) is 0 Å². The van der Waals surface area contributed by atoms with E-state index in [1.807, 2.05) is 0 Å². The molecule has 0 saturated heterocycles. The maximum absolute atomic E-state index is 12.3. The van der Waals surface area contributed by atoms with Crippen LogP contribution in [0.2, 0.25) is 0 Å². The van der Waals surface area contributed by atoms with E-state index in [1.165, 1.54) is 0 Å². The van der Waals surface area contributed by atoms with Gasteiger partial charge in [-0.05, 0) is 17.7 Å². The molecular formula is C7H6F2N. The van der Waals surface area contributed by atoms with E-state index in [4.69, 9.17) is 5.73 Å². The predicted octanol–water partition coefficient (Wildman–Crippen LogP) is 1.75. The monoisotopic (exact) mass is 142 g/mol. The van der Waals surface area contributed by atoms with Crippen molar-refractivity contribution in [3.8, 4) is 0 Å². The quantitative estimate of drug-likeness (QED) is 0.570. The standard InChI is InChI=1S/C7H6F2N/c8-6-1-5(4-10)2-7(9)3-6/h1-3,10H,4H2. The molecule has 0 saturated carbocycles. The van der Waals surface area contributed by atoms with Gasteiger partial charge in [0.15, 0.2) is 0 Å². The van der Waals surface area contributed by atoms with Gasteiger partial charge < -0.3 is 0 Å². The zero-order valence-electron chi connectivity index (χ0n) is 5.20. The Bertz CT molecular complexity index is 215. The van der Waals surface area contributed by atoms with Gasteiger partial charge in [0.25, 0.3) is 0 Å². The molecule has 0 heterocycles. The molecule has 0 aliphatic rings. The predicted molar refractivity (Wildman–Crippen MR) is 33.2 cm³/mol. The maximum Gasteiger partial charge on any atom is 0.126 e. The Balaban J connectivity index is 3.06. The average molecular weight is 142 g/mol. The topological polar surface area (TPSA) is 23.8 Å². The minimum Gasteiger partial charge on any atom is -0.253 e. The van der Waals surface area contributed by atoms with Gasteiger partial charge in [-0.15, -0.1) is 0 Å². The molecular weight excluding hydrogens is 136 g/mol. The van der Waals surface area contributed by atoms with Crippen LogP contribution in [0.1, 0.15) is 5.56 Å². The first-order chi connectivity index (χ1) is 4.72. The summed E-state index contributed by atoms with van der Waals surface area (Å²) in [5.41, 5.74) is 7.16. The fourth-order valence-corrected chi connectivity index (χ4v) is 0.713. The molecule has 1 aromatic carbocycles. The normalized spacial score (nSPS) is 9.90. The summed E-state index contributed by atoms with van der Waals surface area (Å²) in [6, 6.07) is 3.09. The number of nitrogens with one attached hydrogen (secondary N) is 1. The fraction of sp³-hybridized carbons (Fsp3) is 0.143. The lowest BCUT2D eigenvalue weighted by Gasteiger charge is -1.95. The van der Waals surface area contributed by atoms with E-state index >= 15 is 0 Å². The Hall–Kier alpha value is -0.960. The summed E-state index contributed by atoms with van der Waals surface area (Å²) in [5, 5.41) is 0. The van der Waals surface area contributed by atoms with Crippen LogP contribution in [0.15, 0.2) is 18.2 Å². The van der Waals surface area contributed by atoms with E-state index in [1.54, 1.807) is 0 Å². The third kappa shape index (κ3) is 1.51. The van der Waals surface area contributed by atoms with E-state index in [0.717, 1.165) is 18.2 Å². The maximum atomic E-state index is 12.3. The summed E-state index contributed by atoms with van der Waals surface area (Å²) in [4.78, 5) is 0. The molecule has 0 aliphatic carbocycles. The fourth-order valence-electron chi connectivity index (χ4n) is 0.713. The van der Waals surface area contributed by atoms with Crippen LogP contribution in [0.25, 0.3) is 0 Å². The molecule has 53 valence electrons. The van der Waals surface area contributed by atoms with Crippen LogP contribution in [0.4, 0.5) is 8.78 Å².